The van der Waals surface area contributed by atoms with Crippen LogP contribution in [-0.4, -0.2) is 49.9 Å². The van der Waals surface area contributed by atoms with E-state index in [-0.39, 0.29) is 18.5 Å². The molecule has 0 aromatic heterocycles. The van der Waals surface area contributed by atoms with Crippen LogP contribution in [0.5, 0.6) is 0 Å². The zero-order valence-corrected chi connectivity index (χ0v) is 13.6. The van der Waals surface area contributed by atoms with Gasteiger partial charge in [0.15, 0.2) is 5.78 Å². The molecule has 9 nitrogen and oxygen atoms in total. The zero-order chi connectivity index (χ0) is 18.8. The summed E-state index contributed by atoms with van der Waals surface area (Å²) in [7, 11) is 0. The lowest BCUT2D eigenvalue weighted by atomic mass is 9.80. The molecule has 3 unspecified atom stereocenters. The van der Waals surface area contributed by atoms with Crippen molar-refractivity contribution in [2.45, 2.75) is 44.1 Å². The topological polar surface area (TPSA) is 150 Å². The minimum Gasteiger partial charge on any atom is -0.393 e. The van der Waals surface area contributed by atoms with Crippen molar-refractivity contribution in [3.8, 4) is 0 Å². The molecule has 0 radical (unpaired) electrons. The molecule has 2 rings (SSSR count). The van der Waals surface area contributed by atoms with Gasteiger partial charge in [-0.3, -0.25) is 19.7 Å². The van der Waals surface area contributed by atoms with E-state index in [0.717, 1.165) is 0 Å². The number of nitro groups is 1. The van der Waals surface area contributed by atoms with Gasteiger partial charge in [-0.25, -0.2) is 0 Å². The fourth-order valence-corrected chi connectivity index (χ4v) is 2.79. The predicted molar refractivity (Wildman–Crippen MR) is 85.3 cm³/mol. The van der Waals surface area contributed by atoms with E-state index in [0.29, 0.717) is 5.56 Å². The molecule has 0 aliphatic carbocycles. The number of β-lactam (4-membered cyclic amide) rings is 1. The molecule has 9 heteroatoms. The van der Waals surface area contributed by atoms with E-state index in [2.05, 4.69) is 5.32 Å². The van der Waals surface area contributed by atoms with Crippen LogP contribution in [0.2, 0.25) is 0 Å². The molecular formula is C16H20N2O7. The number of ketones is 1. The summed E-state index contributed by atoms with van der Waals surface area (Å²) in [4.78, 5) is 33.8. The van der Waals surface area contributed by atoms with Crippen LogP contribution >= 0.6 is 0 Å². The summed E-state index contributed by atoms with van der Waals surface area (Å²) in [6.07, 6.45) is -1.22. The molecule has 1 saturated heterocycles. The molecule has 1 heterocycles. The largest absolute Gasteiger partial charge is 0.393 e. The lowest BCUT2D eigenvalue weighted by molar-refractivity contribution is -0.384. The summed E-state index contributed by atoms with van der Waals surface area (Å²) < 4.78 is 0. The lowest BCUT2D eigenvalue weighted by Crippen LogP contribution is -2.61. The molecule has 3 atom stereocenters. The number of nitro benzene ring substituents is 1. The number of benzene rings is 1. The molecule has 1 aliphatic heterocycles. The Balaban J connectivity index is 1.99. The Hall–Kier alpha value is -2.36. The quantitative estimate of drug-likeness (QED) is 0.216. The molecule has 25 heavy (non-hydrogen) atoms. The van der Waals surface area contributed by atoms with Gasteiger partial charge in [0, 0.05) is 31.0 Å². The van der Waals surface area contributed by atoms with Crippen LogP contribution < -0.4 is 5.32 Å². The number of hydrogen-bond acceptors (Lipinski definition) is 7. The van der Waals surface area contributed by atoms with Crippen molar-refractivity contribution in [3.05, 3.63) is 39.9 Å². The molecule has 1 amide bonds. The van der Waals surface area contributed by atoms with E-state index < -0.39 is 46.9 Å². The third kappa shape index (κ3) is 4.59. The van der Waals surface area contributed by atoms with Crippen molar-refractivity contribution in [2.24, 2.45) is 5.92 Å². The van der Waals surface area contributed by atoms with Gasteiger partial charge in [0.2, 0.25) is 11.7 Å². The van der Waals surface area contributed by atoms with Gasteiger partial charge in [0.25, 0.3) is 5.69 Å². The van der Waals surface area contributed by atoms with E-state index in [1.807, 2.05) is 0 Å². The SMILES string of the molecule is CC(O)CC1NC(=O)C1CC(O)(O)C(=O)Cc1ccc([N+](=O)[O-])cc1. The van der Waals surface area contributed by atoms with E-state index in [4.69, 9.17) is 0 Å². The van der Waals surface area contributed by atoms with Crippen LogP contribution in [0.4, 0.5) is 5.69 Å². The molecule has 0 spiro atoms. The molecule has 136 valence electrons. The Labute approximate surface area is 143 Å². The highest BCUT2D eigenvalue weighted by Crippen LogP contribution is 2.28. The average Bonchev–Trinajstić information content (AvgIpc) is 2.52. The first-order valence-electron chi connectivity index (χ1n) is 7.80. The van der Waals surface area contributed by atoms with Gasteiger partial charge < -0.3 is 20.6 Å². The minimum absolute atomic E-state index is 0.137. The highest BCUT2D eigenvalue weighted by atomic mass is 16.6. The number of rotatable bonds is 8. The van der Waals surface area contributed by atoms with Gasteiger partial charge in [0.05, 0.1) is 16.9 Å². The molecule has 4 N–H and O–H groups in total. The minimum atomic E-state index is -2.69. The Morgan fingerprint density at radius 3 is 2.44 bits per heavy atom. The number of non-ortho nitro benzene ring substituents is 1. The molecule has 0 bridgehead atoms. The maximum absolute atomic E-state index is 12.1. The Morgan fingerprint density at radius 2 is 1.96 bits per heavy atom. The second kappa shape index (κ2) is 7.26. The number of nitrogens with zero attached hydrogens (tertiary/aromatic N) is 1. The second-order valence-corrected chi connectivity index (χ2v) is 6.35. The summed E-state index contributed by atoms with van der Waals surface area (Å²) >= 11 is 0. The van der Waals surface area contributed by atoms with E-state index >= 15 is 0 Å². The fraction of sp³-hybridized carbons (Fsp3) is 0.500. The zero-order valence-electron chi connectivity index (χ0n) is 13.6. The summed E-state index contributed by atoms with van der Waals surface area (Å²) in [6, 6.07) is 4.74. The number of nitrogens with one attached hydrogen (secondary N) is 1. The van der Waals surface area contributed by atoms with Gasteiger partial charge in [-0.1, -0.05) is 12.1 Å². The van der Waals surface area contributed by atoms with Crippen molar-refractivity contribution >= 4 is 17.4 Å². The van der Waals surface area contributed by atoms with Crippen molar-refractivity contribution in [1.82, 2.24) is 5.32 Å². The van der Waals surface area contributed by atoms with Gasteiger partial charge >= 0.3 is 0 Å². The standard InChI is InChI=1S/C16H20N2O7/c1-9(19)6-13-12(15(21)17-13)8-16(22,23)14(20)7-10-2-4-11(5-3-10)18(24)25/h2-5,9,12-13,19,22-23H,6-8H2,1H3,(H,17,21). The Morgan fingerprint density at radius 1 is 1.36 bits per heavy atom. The first kappa shape index (κ1) is 19.0. The highest BCUT2D eigenvalue weighted by Gasteiger charge is 2.46. The first-order chi connectivity index (χ1) is 11.6. The average molecular weight is 352 g/mol. The third-order valence-electron chi connectivity index (χ3n) is 4.21. The second-order valence-electron chi connectivity index (χ2n) is 6.35. The number of carbonyl (C=O) groups excluding carboxylic acids is 2. The fourth-order valence-electron chi connectivity index (χ4n) is 2.79. The number of aliphatic hydroxyl groups is 3. The van der Waals surface area contributed by atoms with Crippen molar-refractivity contribution in [3.63, 3.8) is 0 Å². The number of carbonyl (C=O) groups is 2. The number of amides is 1. The van der Waals surface area contributed by atoms with Gasteiger partial charge in [0.1, 0.15) is 0 Å². The van der Waals surface area contributed by atoms with Crippen molar-refractivity contribution in [2.75, 3.05) is 0 Å². The molecule has 1 aromatic carbocycles. The predicted octanol–water partition coefficient (Wildman–Crippen LogP) is -0.337. The van der Waals surface area contributed by atoms with Crippen LogP contribution in [0.15, 0.2) is 24.3 Å². The normalized spacial score (nSPS) is 21.2. The molecular weight excluding hydrogens is 332 g/mol. The molecule has 0 saturated carbocycles. The third-order valence-corrected chi connectivity index (χ3v) is 4.21. The maximum Gasteiger partial charge on any atom is 0.269 e. The summed E-state index contributed by atoms with van der Waals surface area (Å²) in [6.45, 7) is 1.55. The van der Waals surface area contributed by atoms with Crippen LogP contribution in [0.3, 0.4) is 0 Å². The Kier molecular flexibility index (Phi) is 5.51. The van der Waals surface area contributed by atoms with E-state index in [1.165, 1.54) is 24.3 Å². The number of Topliss-reactive ketones (excluding diaryl/α,β-unsaturated/α-hetero) is 1. The smallest absolute Gasteiger partial charge is 0.269 e. The van der Waals surface area contributed by atoms with Gasteiger partial charge in [-0.05, 0) is 18.9 Å². The summed E-state index contributed by atoms with van der Waals surface area (Å²) in [5, 5.41) is 42.6. The van der Waals surface area contributed by atoms with Crippen LogP contribution in [-0.2, 0) is 16.0 Å². The van der Waals surface area contributed by atoms with Crippen molar-refractivity contribution in [1.29, 1.82) is 0 Å². The maximum atomic E-state index is 12.1. The number of hydrogen-bond donors (Lipinski definition) is 4. The van der Waals surface area contributed by atoms with E-state index in [1.54, 1.807) is 6.92 Å². The van der Waals surface area contributed by atoms with Crippen LogP contribution in [0.1, 0.15) is 25.3 Å². The van der Waals surface area contributed by atoms with E-state index in [9.17, 15) is 35.0 Å². The van der Waals surface area contributed by atoms with Gasteiger partial charge in [-0.2, -0.15) is 0 Å². The summed E-state index contributed by atoms with van der Waals surface area (Å²) in [5.41, 5.74) is 0.254. The highest BCUT2D eigenvalue weighted by molar-refractivity contribution is 5.90. The molecule has 1 fully saturated rings. The van der Waals surface area contributed by atoms with Crippen LogP contribution in [0.25, 0.3) is 0 Å². The summed E-state index contributed by atoms with van der Waals surface area (Å²) in [5.74, 6) is -4.77. The first-order valence-corrected chi connectivity index (χ1v) is 7.80. The van der Waals surface area contributed by atoms with Gasteiger partial charge in [-0.15, -0.1) is 0 Å². The number of aliphatic hydroxyl groups excluding tert-OH is 1. The van der Waals surface area contributed by atoms with Crippen LogP contribution in [0, 0.1) is 16.0 Å². The lowest BCUT2D eigenvalue weighted by Gasteiger charge is -2.40. The molecule has 1 aliphatic rings. The monoisotopic (exact) mass is 352 g/mol. The Bertz CT molecular complexity index is 670. The van der Waals surface area contributed by atoms with Crippen molar-refractivity contribution < 1.29 is 29.8 Å². The molecule has 1 aromatic rings.